The molecule has 0 bridgehead atoms. The van der Waals surface area contributed by atoms with Crippen LogP contribution < -0.4 is 24.8 Å². The van der Waals surface area contributed by atoms with Gasteiger partial charge in [0.25, 0.3) is 5.91 Å². The molecule has 0 radical (unpaired) electrons. The number of amides is 2. The minimum atomic E-state index is -3.57. The summed E-state index contributed by atoms with van der Waals surface area (Å²) >= 11 is 0. The van der Waals surface area contributed by atoms with Gasteiger partial charge in [-0.2, -0.15) is 0 Å². The minimum absolute atomic E-state index is 0.0468. The first-order chi connectivity index (χ1) is 13.9. The molecule has 2 aromatic rings. The number of sulfonamides is 1. The van der Waals surface area contributed by atoms with Gasteiger partial charge in [-0.15, -0.1) is 0 Å². The van der Waals surface area contributed by atoms with Crippen LogP contribution in [0.3, 0.4) is 0 Å². The maximum atomic E-state index is 12.1. The lowest BCUT2D eigenvalue weighted by molar-refractivity contribution is -0.120. The van der Waals surface area contributed by atoms with E-state index in [2.05, 4.69) is 15.4 Å². The number of fused-ring (bicyclic) bond motifs is 1. The van der Waals surface area contributed by atoms with Crippen molar-refractivity contribution in [2.45, 2.75) is 11.0 Å². The van der Waals surface area contributed by atoms with Crippen molar-refractivity contribution in [1.82, 2.24) is 15.4 Å². The van der Waals surface area contributed by atoms with Crippen LogP contribution in [0.2, 0.25) is 0 Å². The number of ether oxygens (including phenoxy) is 2. The molecule has 0 aliphatic carbocycles. The molecule has 0 saturated carbocycles. The third-order valence-corrected chi connectivity index (χ3v) is 5.63. The number of carbonyl (C=O) groups is 2. The molecule has 3 rings (SSSR count). The zero-order valence-electron chi connectivity index (χ0n) is 15.7. The molecule has 1 heterocycles. The Morgan fingerprint density at radius 3 is 2.41 bits per heavy atom. The maximum absolute atomic E-state index is 12.1. The van der Waals surface area contributed by atoms with Crippen LogP contribution in [0.25, 0.3) is 0 Å². The molecule has 1 atom stereocenters. The van der Waals surface area contributed by atoms with Gasteiger partial charge in [-0.1, -0.05) is 12.1 Å². The van der Waals surface area contributed by atoms with Crippen LogP contribution >= 0.6 is 0 Å². The summed E-state index contributed by atoms with van der Waals surface area (Å²) in [4.78, 5) is 24.2. The normalized spacial score (nSPS) is 15.4. The number of hydrogen-bond donors (Lipinski definition) is 3. The van der Waals surface area contributed by atoms with Crippen LogP contribution in [-0.4, -0.2) is 53.1 Å². The fourth-order valence-electron chi connectivity index (χ4n) is 2.62. The summed E-state index contributed by atoms with van der Waals surface area (Å²) in [5, 5.41) is 5.17. The van der Waals surface area contributed by atoms with Crippen molar-refractivity contribution < 1.29 is 27.5 Å². The molecular formula is C19H21N3O6S. The maximum Gasteiger partial charge on any atom is 0.251 e. The molecule has 1 aliphatic heterocycles. The van der Waals surface area contributed by atoms with E-state index in [1.54, 1.807) is 12.1 Å². The van der Waals surface area contributed by atoms with Crippen molar-refractivity contribution >= 4 is 21.8 Å². The Kier molecular flexibility index (Phi) is 6.35. The standard InChI is InChI=1S/C19H21N3O6S/c1-20-29(25,26)15-8-6-13(7-9-15)19(24)22-11-18(23)21-10-14-12-27-16-4-2-3-5-17(16)28-14/h2-9,14,20H,10-12H2,1H3,(H,21,23)(H,22,24). The molecule has 0 fully saturated rings. The van der Waals surface area contributed by atoms with E-state index in [1.165, 1.54) is 31.3 Å². The van der Waals surface area contributed by atoms with Crippen LogP contribution in [0, 0.1) is 0 Å². The van der Waals surface area contributed by atoms with Gasteiger partial charge in [-0.3, -0.25) is 9.59 Å². The van der Waals surface area contributed by atoms with E-state index in [1.807, 2.05) is 12.1 Å². The fourth-order valence-corrected chi connectivity index (χ4v) is 3.35. The molecule has 9 nitrogen and oxygen atoms in total. The van der Waals surface area contributed by atoms with Crippen LogP contribution in [0.15, 0.2) is 53.4 Å². The van der Waals surface area contributed by atoms with Gasteiger partial charge in [0, 0.05) is 5.56 Å². The van der Waals surface area contributed by atoms with E-state index in [9.17, 15) is 18.0 Å². The summed E-state index contributed by atoms with van der Waals surface area (Å²) in [5.41, 5.74) is 0.244. The van der Waals surface area contributed by atoms with Crippen molar-refractivity contribution in [3.63, 3.8) is 0 Å². The van der Waals surface area contributed by atoms with Gasteiger partial charge in [0.05, 0.1) is 18.0 Å². The smallest absolute Gasteiger partial charge is 0.251 e. The van der Waals surface area contributed by atoms with E-state index < -0.39 is 15.9 Å². The lowest BCUT2D eigenvalue weighted by atomic mass is 10.2. The predicted molar refractivity (Wildman–Crippen MR) is 104 cm³/mol. The highest BCUT2D eigenvalue weighted by atomic mass is 32.2. The number of para-hydroxylation sites is 2. The molecule has 1 unspecified atom stereocenters. The second kappa shape index (κ2) is 8.93. The third-order valence-electron chi connectivity index (χ3n) is 4.20. The quantitative estimate of drug-likeness (QED) is 0.593. The van der Waals surface area contributed by atoms with Crippen LogP contribution in [0.4, 0.5) is 0 Å². The SMILES string of the molecule is CNS(=O)(=O)c1ccc(C(=O)NCC(=O)NCC2COc3ccccc3O2)cc1. The first-order valence-corrected chi connectivity index (χ1v) is 10.3. The molecule has 154 valence electrons. The summed E-state index contributed by atoms with van der Waals surface area (Å²) in [7, 11) is -2.27. The lowest BCUT2D eigenvalue weighted by Gasteiger charge is -2.26. The van der Waals surface area contributed by atoms with Crippen LogP contribution in [-0.2, 0) is 14.8 Å². The average Bonchev–Trinajstić information content (AvgIpc) is 2.76. The largest absolute Gasteiger partial charge is 0.486 e. The van der Waals surface area contributed by atoms with E-state index in [0.717, 1.165) is 0 Å². The second-order valence-electron chi connectivity index (χ2n) is 6.22. The van der Waals surface area contributed by atoms with Gasteiger partial charge in [-0.25, -0.2) is 13.1 Å². The molecule has 1 aliphatic rings. The van der Waals surface area contributed by atoms with Crippen molar-refractivity contribution in [1.29, 1.82) is 0 Å². The van der Waals surface area contributed by atoms with Crippen LogP contribution in [0.5, 0.6) is 11.5 Å². The Labute approximate surface area is 168 Å². The number of nitrogens with one attached hydrogen (secondary N) is 3. The molecule has 10 heteroatoms. The van der Waals surface area contributed by atoms with E-state index in [0.29, 0.717) is 18.1 Å². The monoisotopic (exact) mass is 419 g/mol. The highest BCUT2D eigenvalue weighted by Gasteiger charge is 2.21. The van der Waals surface area contributed by atoms with E-state index in [-0.39, 0.29) is 35.6 Å². The Balaban J connectivity index is 1.44. The van der Waals surface area contributed by atoms with Crippen molar-refractivity contribution in [3.05, 3.63) is 54.1 Å². The number of benzene rings is 2. The van der Waals surface area contributed by atoms with Crippen molar-refractivity contribution in [2.75, 3.05) is 26.7 Å². The Morgan fingerprint density at radius 1 is 1.03 bits per heavy atom. The highest BCUT2D eigenvalue weighted by Crippen LogP contribution is 2.30. The Morgan fingerprint density at radius 2 is 1.72 bits per heavy atom. The summed E-state index contributed by atoms with van der Waals surface area (Å²) in [6.07, 6.45) is -0.328. The van der Waals surface area contributed by atoms with Crippen molar-refractivity contribution in [2.24, 2.45) is 0 Å². The number of carbonyl (C=O) groups excluding carboxylic acids is 2. The summed E-state index contributed by atoms with van der Waals surface area (Å²) in [5.74, 6) is 0.417. The Hall–Kier alpha value is -3.11. The van der Waals surface area contributed by atoms with Gasteiger partial charge in [0.1, 0.15) is 12.7 Å². The number of rotatable bonds is 7. The summed E-state index contributed by atoms with van der Waals surface area (Å²) in [6.45, 7) is 0.324. The molecule has 0 saturated heterocycles. The molecule has 29 heavy (non-hydrogen) atoms. The van der Waals surface area contributed by atoms with Gasteiger partial charge < -0.3 is 20.1 Å². The second-order valence-corrected chi connectivity index (χ2v) is 8.10. The van der Waals surface area contributed by atoms with Gasteiger partial charge in [0.15, 0.2) is 11.5 Å². The predicted octanol–water partition coefficient (Wildman–Crippen LogP) is 0.281. The van der Waals surface area contributed by atoms with Gasteiger partial charge in [0.2, 0.25) is 15.9 Å². The minimum Gasteiger partial charge on any atom is -0.486 e. The molecule has 0 aromatic heterocycles. The average molecular weight is 419 g/mol. The third kappa shape index (κ3) is 5.24. The zero-order chi connectivity index (χ0) is 20.9. The zero-order valence-corrected chi connectivity index (χ0v) is 16.5. The fraction of sp³-hybridized carbons (Fsp3) is 0.263. The lowest BCUT2D eigenvalue weighted by Crippen LogP contribution is -2.44. The summed E-state index contributed by atoms with van der Waals surface area (Å²) < 4.78 is 36.9. The molecule has 2 aromatic carbocycles. The van der Waals surface area contributed by atoms with Crippen LogP contribution in [0.1, 0.15) is 10.4 Å². The summed E-state index contributed by atoms with van der Waals surface area (Å²) in [6, 6.07) is 12.7. The molecule has 2 amide bonds. The van der Waals surface area contributed by atoms with Gasteiger partial charge >= 0.3 is 0 Å². The molecule has 0 spiro atoms. The molecular weight excluding hydrogens is 398 g/mol. The van der Waals surface area contributed by atoms with Crippen molar-refractivity contribution in [3.8, 4) is 11.5 Å². The highest BCUT2D eigenvalue weighted by molar-refractivity contribution is 7.89. The first kappa shape index (κ1) is 20.6. The van der Waals surface area contributed by atoms with E-state index in [4.69, 9.17) is 9.47 Å². The Bertz CT molecular complexity index is 991. The topological polar surface area (TPSA) is 123 Å². The van der Waals surface area contributed by atoms with Gasteiger partial charge in [-0.05, 0) is 43.4 Å². The molecule has 3 N–H and O–H groups in total. The first-order valence-electron chi connectivity index (χ1n) is 8.86. The number of hydrogen-bond acceptors (Lipinski definition) is 6. The van der Waals surface area contributed by atoms with E-state index >= 15 is 0 Å².